The zero-order valence-corrected chi connectivity index (χ0v) is 12.0. The van der Waals surface area contributed by atoms with Gasteiger partial charge in [-0.25, -0.2) is 9.97 Å². The highest BCUT2D eigenvalue weighted by molar-refractivity contribution is 7.19. The lowest BCUT2D eigenvalue weighted by atomic mass is 10.2. The quantitative estimate of drug-likeness (QED) is 0.744. The minimum absolute atomic E-state index is 0.590. The van der Waals surface area contributed by atoms with Gasteiger partial charge >= 0.3 is 0 Å². The summed E-state index contributed by atoms with van der Waals surface area (Å²) in [5, 5.41) is 1.07. The van der Waals surface area contributed by atoms with E-state index in [1.54, 1.807) is 17.5 Å². The standard InChI is InChI=1S/C15H14N4S/c1-8-5-6-17-10(7-8)14-18-13(16)12-9-3-2-4-11(9)20-15(12)19-14/h5-7H,2-4H2,1H3,(H2,16,18,19). The second-order valence-corrected chi connectivity index (χ2v) is 6.27. The van der Waals surface area contributed by atoms with Crippen molar-refractivity contribution in [3.63, 3.8) is 0 Å². The lowest BCUT2D eigenvalue weighted by Gasteiger charge is -2.04. The Bertz CT molecular complexity index is 822. The third-order valence-electron chi connectivity index (χ3n) is 3.74. The van der Waals surface area contributed by atoms with E-state index in [9.17, 15) is 0 Å². The monoisotopic (exact) mass is 282 g/mol. The molecule has 3 heterocycles. The molecule has 0 saturated heterocycles. The van der Waals surface area contributed by atoms with Crippen LogP contribution in [0.25, 0.3) is 21.7 Å². The van der Waals surface area contributed by atoms with Crippen LogP contribution in [0.2, 0.25) is 0 Å². The molecule has 0 saturated carbocycles. The number of fused-ring (bicyclic) bond motifs is 3. The molecule has 1 aliphatic rings. The van der Waals surface area contributed by atoms with Crippen LogP contribution < -0.4 is 5.73 Å². The molecule has 2 N–H and O–H groups in total. The van der Waals surface area contributed by atoms with Crippen LogP contribution in [0.3, 0.4) is 0 Å². The van der Waals surface area contributed by atoms with Gasteiger partial charge in [-0.3, -0.25) is 4.98 Å². The van der Waals surface area contributed by atoms with Crippen LogP contribution in [-0.2, 0) is 12.8 Å². The maximum Gasteiger partial charge on any atom is 0.181 e. The highest BCUT2D eigenvalue weighted by Gasteiger charge is 2.21. The zero-order chi connectivity index (χ0) is 13.7. The molecule has 100 valence electrons. The van der Waals surface area contributed by atoms with Gasteiger partial charge in [-0.05, 0) is 49.4 Å². The molecule has 20 heavy (non-hydrogen) atoms. The molecule has 0 amide bonds. The number of pyridine rings is 1. The predicted molar refractivity (Wildman–Crippen MR) is 81.8 cm³/mol. The first kappa shape index (κ1) is 11.8. The first-order valence-electron chi connectivity index (χ1n) is 6.73. The lowest BCUT2D eigenvalue weighted by molar-refractivity contribution is 0.917. The summed E-state index contributed by atoms with van der Waals surface area (Å²) in [5.41, 5.74) is 9.47. The van der Waals surface area contributed by atoms with Crippen LogP contribution in [0, 0.1) is 6.92 Å². The number of hydrogen-bond acceptors (Lipinski definition) is 5. The van der Waals surface area contributed by atoms with E-state index < -0.39 is 0 Å². The third kappa shape index (κ3) is 1.70. The molecule has 3 aromatic heterocycles. The Morgan fingerprint density at radius 3 is 3.00 bits per heavy atom. The van der Waals surface area contributed by atoms with Crippen molar-refractivity contribution >= 4 is 27.4 Å². The Morgan fingerprint density at radius 1 is 1.25 bits per heavy atom. The average Bonchev–Trinajstić information content (AvgIpc) is 2.98. The van der Waals surface area contributed by atoms with Crippen molar-refractivity contribution in [2.24, 2.45) is 0 Å². The van der Waals surface area contributed by atoms with Crippen molar-refractivity contribution in [3.8, 4) is 11.5 Å². The Balaban J connectivity index is 1.95. The smallest absolute Gasteiger partial charge is 0.181 e. The van der Waals surface area contributed by atoms with Crippen molar-refractivity contribution in [3.05, 3.63) is 34.3 Å². The molecule has 0 atom stereocenters. The Morgan fingerprint density at radius 2 is 2.15 bits per heavy atom. The first-order valence-corrected chi connectivity index (χ1v) is 7.55. The summed E-state index contributed by atoms with van der Waals surface area (Å²) in [6.07, 6.45) is 5.25. The van der Waals surface area contributed by atoms with Gasteiger partial charge in [0.1, 0.15) is 16.3 Å². The number of nitrogens with two attached hydrogens (primary N) is 1. The largest absolute Gasteiger partial charge is 0.383 e. The Kier molecular flexibility index (Phi) is 2.50. The molecule has 0 bridgehead atoms. The minimum Gasteiger partial charge on any atom is -0.383 e. The molecule has 0 radical (unpaired) electrons. The van der Waals surface area contributed by atoms with E-state index in [0.29, 0.717) is 11.6 Å². The number of hydrogen-bond donors (Lipinski definition) is 1. The molecule has 3 aromatic rings. The van der Waals surface area contributed by atoms with Gasteiger partial charge in [-0.2, -0.15) is 0 Å². The zero-order valence-electron chi connectivity index (χ0n) is 11.2. The van der Waals surface area contributed by atoms with Crippen molar-refractivity contribution in [2.75, 3.05) is 5.73 Å². The molecular formula is C15H14N4S. The van der Waals surface area contributed by atoms with Crippen LogP contribution >= 0.6 is 11.3 Å². The van der Waals surface area contributed by atoms with E-state index in [4.69, 9.17) is 5.73 Å². The van der Waals surface area contributed by atoms with E-state index in [-0.39, 0.29) is 0 Å². The van der Waals surface area contributed by atoms with Gasteiger partial charge in [-0.1, -0.05) is 0 Å². The maximum atomic E-state index is 6.18. The summed E-state index contributed by atoms with van der Waals surface area (Å²) >= 11 is 1.75. The second-order valence-electron chi connectivity index (χ2n) is 5.19. The number of nitrogens with zero attached hydrogens (tertiary/aromatic N) is 3. The lowest BCUT2D eigenvalue weighted by Crippen LogP contribution is -1.98. The van der Waals surface area contributed by atoms with Crippen LogP contribution in [0.4, 0.5) is 5.82 Å². The fourth-order valence-corrected chi connectivity index (χ4v) is 4.07. The summed E-state index contributed by atoms with van der Waals surface area (Å²) in [6.45, 7) is 2.03. The normalized spacial score (nSPS) is 13.8. The number of nitrogen functional groups attached to an aromatic ring is 1. The Hall–Kier alpha value is -2.01. The molecule has 1 aliphatic carbocycles. The predicted octanol–water partition coefficient (Wildman–Crippen LogP) is 3.13. The number of anilines is 1. The van der Waals surface area contributed by atoms with Gasteiger partial charge in [0, 0.05) is 11.1 Å². The molecule has 5 heteroatoms. The molecular weight excluding hydrogens is 268 g/mol. The summed E-state index contributed by atoms with van der Waals surface area (Å²) in [5.74, 6) is 1.21. The summed E-state index contributed by atoms with van der Waals surface area (Å²) in [7, 11) is 0. The molecule has 0 aromatic carbocycles. The topological polar surface area (TPSA) is 64.7 Å². The van der Waals surface area contributed by atoms with Crippen LogP contribution in [0.15, 0.2) is 18.3 Å². The highest BCUT2D eigenvalue weighted by atomic mass is 32.1. The molecule has 0 unspecified atom stereocenters. The summed E-state index contributed by atoms with van der Waals surface area (Å²) in [6, 6.07) is 3.95. The number of aryl methyl sites for hydroxylation is 3. The third-order valence-corrected chi connectivity index (χ3v) is 4.92. The molecule has 4 rings (SSSR count). The fraction of sp³-hybridized carbons (Fsp3) is 0.267. The number of thiophene rings is 1. The number of rotatable bonds is 1. The number of aromatic nitrogens is 3. The molecule has 4 nitrogen and oxygen atoms in total. The van der Waals surface area contributed by atoms with Gasteiger partial charge in [0.2, 0.25) is 0 Å². The van der Waals surface area contributed by atoms with Gasteiger partial charge < -0.3 is 5.73 Å². The molecule has 0 aliphatic heterocycles. The first-order chi connectivity index (χ1) is 9.72. The van der Waals surface area contributed by atoms with Crippen LogP contribution in [-0.4, -0.2) is 15.0 Å². The van der Waals surface area contributed by atoms with E-state index >= 15 is 0 Å². The SMILES string of the molecule is Cc1ccnc(-c2nc(N)c3c4c(sc3n2)CCC4)c1. The van der Waals surface area contributed by atoms with E-state index in [0.717, 1.165) is 34.3 Å². The maximum absolute atomic E-state index is 6.18. The molecule has 0 spiro atoms. The average molecular weight is 282 g/mol. The van der Waals surface area contributed by atoms with Crippen molar-refractivity contribution < 1.29 is 0 Å². The van der Waals surface area contributed by atoms with E-state index in [1.165, 1.54) is 16.9 Å². The highest BCUT2D eigenvalue weighted by Crippen LogP contribution is 2.39. The van der Waals surface area contributed by atoms with Crippen LogP contribution in [0.1, 0.15) is 22.4 Å². The van der Waals surface area contributed by atoms with Gasteiger partial charge in [-0.15, -0.1) is 11.3 Å². The van der Waals surface area contributed by atoms with Gasteiger partial charge in [0.15, 0.2) is 5.82 Å². The molecule has 0 fully saturated rings. The van der Waals surface area contributed by atoms with Gasteiger partial charge in [0.05, 0.1) is 5.39 Å². The Labute approximate surface area is 120 Å². The minimum atomic E-state index is 0.590. The van der Waals surface area contributed by atoms with Crippen LogP contribution in [0.5, 0.6) is 0 Å². The fourth-order valence-electron chi connectivity index (χ4n) is 2.80. The van der Waals surface area contributed by atoms with E-state index in [1.807, 2.05) is 19.1 Å². The second kappa shape index (κ2) is 4.24. The summed E-state index contributed by atoms with van der Waals surface area (Å²) in [4.78, 5) is 15.9. The van der Waals surface area contributed by atoms with Crippen molar-refractivity contribution in [1.82, 2.24) is 15.0 Å². The van der Waals surface area contributed by atoms with Gasteiger partial charge in [0.25, 0.3) is 0 Å². The van der Waals surface area contributed by atoms with Crippen molar-refractivity contribution in [1.29, 1.82) is 0 Å². The summed E-state index contributed by atoms with van der Waals surface area (Å²) < 4.78 is 0. The van der Waals surface area contributed by atoms with E-state index in [2.05, 4.69) is 15.0 Å². The van der Waals surface area contributed by atoms with Crippen molar-refractivity contribution in [2.45, 2.75) is 26.2 Å².